The van der Waals surface area contributed by atoms with Gasteiger partial charge in [-0.25, -0.2) is 4.68 Å². The van der Waals surface area contributed by atoms with Gasteiger partial charge in [0.15, 0.2) is 0 Å². The monoisotopic (exact) mass is 350 g/mol. The standard InChI is InChI=1S/C19H18N4O3/c1-12(14-7-6-13-4-2-3-5-15(13)10-14)21-17(24)11-23-18(25)9-8-16(22-23)19(20)26/h2-10,12H,11H2,1H3,(H2,20,26)(H,21,24). The minimum absolute atomic E-state index is 0.0695. The molecule has 1 atom stereocenters. The molecule has 2 amide bonds. The Kier molecular flexibility index (Phi) is 4.79. The summed E-state index contributed by atoms with van der Waals surface area (Å²) in [6, 6.07) is 16.1. The second-order valence-electron chi connectivity index (χ2n) is 5.97. The van der Waals surface area contributed by atoms with E-state index < -0.39 is 11.5 Å². The number of amides is 2. The van der Waals surface area contributed by atoms with Crippen molar-refractivity contribution in [3.05, 3.63) is 76.2 Å². The van der Waals surface area contributed by atoms with Gasteiger partial charge in [0.05, 0.1) is 6.04 Å². The van der Waals surface area contributed by atoms with E-state index in [4.69, 9.17) is 5.73 Å². The number of nitrogens with zero attached hydrogens (tertiary/aromatic N) is 2. The first-order valence-electron chi connectivity index (χ1n) is 8.10. The van der Waals surface area contributed by atoms with E-state index in [0.717, 1.165) is 27.1 Å². The summed E-state index contributed by atoms with van der Waals surface area (Å²) in [7, 11) is 0. The molecule has 26 heavy (non-hydrogen) atoms. The Morgan fingerprint density at radius 3 is 2.58 bits per heavy atom. The highest BCUT2D eigenvalue weighted by Gasteiger charge is 2.13. The highest BCUT2D eigenvalue weighted by molar-refractivity contribution is 5.90. The van der Waals surface area contributed by atoms with Crippen LogP contribution in [0.15, 0.2) is 59.4 Å². The lowest BCUT2D eigenvalue weighted by Gasteiger charge is -2.15. The fourth-order valence-electron chi connectivity index (χ4n) is 2.68. The number of carbonyl (C=O) groups is 2. The first-order chi connectivity index (χ1) is 12.4. The molecule has 1 aromatic heterocycles. The van der Waals surface area contributed by atoms with Gasteiger partial charge in [0.2, 0.25) is 5.91 Å². The molecule has 132 valence electrons. The number of rotatable bonds is 5. The van der Waals surface area contributed by atoms with Crippen LogP contribution in [-0.2, 0) is 11.3 Å². The average molecular weight is 350 g/mol. The van der Waals surface area contributed by atoms with E-state index in [2.05, 4.69) is 10.4 Å². The Morgan fingerprint density at radius 1 is 1.12 bits per heavy atom. The lowest BCUT2D eigenvalue weighted by molar-refractivity contribution is -0.122. The number of nitrogens with one attached hydrogen (secondary N) is 1. The van der Waals surface area contributed by atoms with E-state index in [0.29, 0.717) is 0 Å². The molecule has 3 rings (SSSR count). The van der Waals surface area contributed by atoms with Crippen LogP contribution in [0.25, 0.3) is 10.8 Å². The largest absolute Gasteiger partial charge is 0.364 e. The third-order valence-electron chi connectivity index (χ3n) is 4.06. The van der Waals surface area contributed by atoms with Crippen molar-refractivity contribution in [3.8, 4) is 0 Å². The summed E-state index contributed by atoms with van der Waals surface area (Å²) in [5, 5.41) is 8.83. The molecule has 0 aliphatic heterocycles. The maximum atomic E-state index is 12.3. The van der Waals surface area contributed by atoms with Crippen molar-refractivity contribution < 1.29 is 9.59 Å². The number of hydrogen-bond donors (Lipinski definition) is 2. The van der Waals surface area contributed by atoms with Gasteiger partial charge in [0.1, 0.15) is 12.2 Å². The quantitative estimate of drug-likeness (QED) is 0.724. The highest BCUT2D eigenvalue weighted by atomic mass is 16.2. The van der Waals surface area contributed by atoms with Crippen LogP contribution in [-0.4, -0.2) is 21.6 Å². The third-order valence-corrected chi connectivity index (χ3v) is 4.06. The zero-order chi connectivity index (χ0) is 18.7. The zero-order valence-corrected chi connectivity index (χ0v) is 14.2. The van der Waals surface area contributed by atoms with E-state index in [1.807, 2.05) is 49.4 Å². The van der Waals surface area contributed by atoms with Crippen LogP contribution in [0.1, 0.15) is 29.0 Å². The van der Waals surface area contributed by atoms with Gasteiger partial charge in [-0.15, -0.1) is 0 Å². The molecule has 0 saturated carbocycles. The van der Waals surface area contributed by atoms with Gasteiger partial charge < -0.3 is 11.1 Å². The number of primary amides is 1. The zero-order valence-electron chi connectivity index (χ0n) is 14.2. The lowest BCUT2D eigenvalue weighted by atomic mass is 10.0. The van der Waals surface area contributed by atoms with Gasteiger partial charge in [0, 0.05) is 6.07 Å². The van der Waals surface area contributed by atoms with E-state index in [9.17, 15) is 14.4 Å². The molecule has 2 aromatic carbocycles. The topological polar surface area (TPSA) is 107 Å². The average Bonchev–Trinajstić information content (AvgIpc) is 2.62. The first kappa shape index (κ1) is 17.3. The summed E-state index contributed by atoms with van der Waals surface area (Å²) >= 11 is 0. The maximum absolute atomic E-state index is 12.3. The second-order valence-corrected chi connectivity index (χ2v) is 5.97. The molecule has 0 aliphatic carbocycles. The minimum Gasteiger partial charge on any atom is -0.364 e. The SMILES string of the molecule is CC(NC(=O)Cn1nc(C(N)=O)ccc1=O)c1ccc2ccccc2c1. The van der Waals surface area contributed by atoms with Gasteiger partial charge in [0.25, 0.3) is 11.5 Å². The molecule has 1 heterocycles. The van der Waals surface area contributed by atoms with Gasteiger partial charge >= 0.3 is 0 Å². The number of aromatic nitrogens is 2. The second kappa shape index (κ2) is 7.18. The van der Waals surface area contributed by atoms with Crippen molar-refractivity contribution in [1.29, 1.82) is 0 Å². The molecule has 0 spiro atoms. The molecule has 3 aromatic rings. The summed E-state index contributed by atoms with van der Waals surface area (Å²) < 4.78 is 0.919. The van der Waals surface area contributed by atoms with Crippen molar-refractivity contribution in [2.24, 2.45) is 5.73 Å². The van der Waals surface area contributed by atoms with Gasteiger partial charge in [-0.05, 0) is 35.4 Å². The van der Waals surface area contributed by atoms with E-state index >= 15 is 0 Å². The van der Waals surface area contributed by atoms with Crippen LogP contribution in [0.2, 0.25) is 0 Å². The number of carbonyl (C=O) groups excluding carboxylic acids is 2. The smallest absolute Gasteiger partial charge is 0.269 e. The summed E-state index contributed by atoms with van der Waals surface area (Å²) in [5.41, 5.74) is 5.54. The fraction of sp³-hybridized carbons (Fsp3) is 0.158. The van der Waals surface area contributed by atoms with Crippen molar-refractivity contribution in [2.75, 3.05) is 0 Å². The first-order valence-corrected chi connectivity index (χ1v) is 8.10. The molecule has 0 saturated heterocycles. The molecular weight excluding hydrogens is 332 g/mol. The summed E-state index contributed by atoms with van der Waals surface area (Å²) in [5.74, 6) is -1.15. The Bertz CT molecular complexity index is 1040. The van der Waals surface area contributed by atoms with Gasteiger partial charge in [-0.2, -0.15) is 5.10 Å². The number of hydrogen-bond acceptors (Lipinski definition) is 4. The van der Waals surface area contributed by atoms with Crippen LogP contribution in [0.4, 0.5) is 0 Å². The Morgan fingerprint density at radius 2 is 1.85 bits per heavy atom. The van der Waals surface area contributed by atoms with Crippen LogP contribution in [0, 0.1) is 0 Å². The van der Waals surface area contributed by atoms with Crippen molar-refractivity contribution in [1.82, 2.24) is 15.1 Å². The number of benzene rings is 2. The molecule has 0 radical (unpaired) electrons. The third kappa shape index (κ3) is 3.77. The van der Waals surface area contributed by atoms with Crippen LogP contribution < -0.4 is 16.6 Å². The molecule has 3 N–H and O–H groups in total. The predicted molar refractivity (Wildman–Crippen MR) is 97.5 cm³/mol. The van der Waals surface area contributed by atoms with Crippen LogP contribution in [0.5, 0.6) is 0 Å². The summed E-state index contributed by atoms with van der Waals surface area (Å²) in [4.78, 5) is 35.2. The molecule has 1 unspecified atom stereocenters. The van der Waals surface area contributed by atoms with Crippen molar-refractivity contribution in [2.45, 2.75) is 19.5 Å². The molecule has 0 bridgehead atoms. The highest BCUT2D eigenvalue weighted by Crippen LogP contribution is 2.20. The van der Waals surface area contributed by atoms with Gasteiger partial charge in [-0.3, -0.25) is 14.4 Å². The Labute approximate surface area is 149 Å². The normalized spacial score (nSPS) is 11.9. The van der Waals surface area contributed by atoms with Gasteiger partial charge in [-0.1, -0.05) is 36.4 Å². The van der Waals surface area contributed by atoms with Crippen LogP contribution >= 0.6 is 0 Å². The van der Waals surface area contributed by atoms with Crippen molar-refractivity contribution in [3.63, 3.8) is 0 Å². The molecular formula is C19H18N4O3. The molecule has 7 heteroatoms. The van der Waals surface area contributed by atoms with Crippen LogP contribution in [0.3, 0.4) is 0 Å². The number of nitrogens with two attached hydrogens (primary N) is 1. The fourth-order valence-corrected chi connectivity index (χ4v) is 2.68. The Balaban J connectivity index is 1.73. The molecule has 0 aliphatic rings. The summed E-state index contributed by atoms with van der Waals surface area (Å²) in [6.07, 6.45) is 0. The van der Waals surface area contributed by atoms with Crippen molar-refractivity contribution >= 4 is 22.6 Å². The number of fused-ring (bicyclic) bond motifs is 1. The predicted octanol–water partition coefficient (Wildman–Crippen LogP) is 1.37. The van der Waals surface area contributed by atoms with E-state index in [1.165, 1.54) is 6.07 Å². The van der Waals surface area contributed by atoms with E-state index in [-0.39, 0.29) is 24.2 Å². The minimum atomic E-state index is -0.760. The molecule has 0 fully saturated rings. The molecule has 7 nitrogen and oxygen atoms in total. The van der Waals surface area contributed by atoms with E-state index in [1.54, 1.807) is 0 Å². The Hall–Kier alpha value is -3.48. The lowest BCUT2D eigenvalue weighted by Crippen LogP contribution is -2.35. The maximum Gasteiger partial charge on any atom is 0.269 e. The summed E-state index contributed by atoms with van der Waals surface area (Å²) in [6.45, 7) is 1.57.